The number of nitrogens with one attached hydrogen (secondary N) is 1. The quantitative estimate of drug-likeness (QED) is 0.855. The van der Waals surface area contributed by atoms with Gasteiger partial charge in [0, 0.05) is 21.1 Å². The third-order valence-electron chi connectivity index (χ3n) is 3.55. The van der Waals surface area contributed by atoms with Crippen molar-refractivity contribution in [3.05, 3.63) is 33.3 Å². The fourth-order valence-electron chi connectivity index (χ4n) is 2.47. The summed E-state index contributed by atoms with van der Waals surface area (Å²) in [7, 11) is 0. The number of amides is 1. The minimum atomic E-state index is -0.0306. The van der Waals surface area contributed by atoms with E-state index < -0.39 is 0 Å². The van der Waals surface area contributed by atoms with Gasteiger partial charge in [-0.15, -0.1) is 0 Å². The van der Waals surface area contributed by atoms with E-state index in [1.54, 1.807) is 18.2 Å². The van der Waals surface area contributed by atoms with Crippen LogP contribution in [-0.4, -0.2) is 11.9 Å². The molecule has 1 aliphatic rings. The second-order valence-electron chi connectivity index (χ2n) is 5.00. The van der Waals surface area contributed by atoms with Gasteiger partial charge < -0.3 is 5.32 Å². The van der Waals surface area contributed by atoms with Crippen LogP contribution in [0.25, 0.3) is 0 Å². The molecule has 1 N–H and O–H groups in total. The van der Waals surface area contributed by atoms with Gasteiger partial charge in [0.15, 0.2) is 0 Å². The fraction of sp³-hybridized carbons (Fsp3) is 0.500. The zero-order valence-electron chi connectivity index (χ0n) is 10.4. The van der Waals surface area contributed by atoms with Crippen LogP contribution in [-0.2, 0) is 0 Å². The lowest BCUT2D eigenvalue weighted by Crippen LogP contribution is -2.41. The highest BCUT2D eigenvalue weighted by Crippen LogP contribution is 2.25. The molecule has 2 atom stereocenters. The Morgan fingerprint density at radius 3 is 2.72 bits per heavy atom. The molecule has 0 aromatic heterocycles. The van der Waals surface area contributed by atoms with Gasteiger partial charge in [0.25, 0.3) is 5.91 Å². The van der Waals surface area contributed by atoms with Gasteiger partial charge in [-0.3, -0.25) is 4.79 Å². The van der Waals surface area contributed by atoms with Crippen LogP contribution in [0, 0.1) is 5.92 Å². The molecule has 1 aromatic rings. The van der Waals surface area contributed by atoms with E-state index in [1.165, 1.54) is 19.3 Å². The standard InChI is InChI=1S/C14H17BrClNO/c1-9-4-2-3-5-13(9)17-14(18)10-6-11(15)8-12(16)7-10/h6-9,13H,2-5H2,1H3,(H,17,18). The second-order valence-corrected chi connectivity index (χ2v) is 6.35. The maximum absolute atomic E-state index is 12.2. The highest BCUT2D eigenvalue weighted by atomic mass is 79.9. The Morgan fingerprint density at radius 1 is 1.33 bits per heavy atom. The van der Waals surface area contributed by atoms with E-state index in [-0.39, 0.29) is 5.91 Å². The van der Waals surface area contributed by atoms with Crippen molar-refractivity contribution >= 4 is 33.4 Å². The molecule has 0 bridgehead atoms. The van der Waals surface area contributed by atoms with Crippen LogP contribution in [0.1, 0.15) is 43.0 Å². The Balaban J connectivity index is 2.06. The molecule has 98 valence electrons. The Kier molecular flexibility index (Phi) is 4.68. The minimum Gasteiger partial charge on any atom is -0.349 e. The number of rotatable bonds is 2. The number of carbonyl (C=O) groups excluding carboxylic acids is 1. The molecule has 0 spiro atoms. The Morgan fingerprint density at radius 2 is 2.06 bits per heavy atom. The number of halogens is 2. The lowest BCUT2D eigenvalue weighted by molar-refractivity contribution is 0.0910. The molecule has 1 aromatic carbocycles. The Bertz CT molecular complexity index is 429. The molecule has 1 amide bonds. The summed E-state index contributed by atoms with van der Waals surface area (Å²) in [5.41, 5.74) is 0.618. The fourth-order valence-corrected chi connectivity index (χ4v) is 3.33. The Hall–Kier alpha value is -0.540. The lowest BCUT2D eigenvalue weighted by Gasteiger charge is -2.29. The summed E-state index contributed by atoms with van der Waals surface area (Å²) in [4.78, 5) is 12.2. The molecule has 1 saturated carbocycles. The highest BCUT2D eigenvalue weighted by Gasteiger charge is 2.23. The normalized spacial score (nSPS) is 23.7. The predicted octanol–water partition coefficient (Wildman–Crippen LogP) is 4.41. The molecule has 4 heteroatoms. The van der Waals surface area contributed by atoms with Crippen molar-refractivity contribution in [3.63, 3.8) is 0 Å². The molecule has 2 unspecified atom stereocenters. The SMILES string of the molecule is CC1CCCCC1NC(=O)c1cc(Cl)cc(Br)c1. The summed E-state index contributed by atoms with van der Waals surface area (Å²) in [5, 5.41) is 3.70. The molecule has 2 rings (SSSR count). The molecular formula is C14H17BrClNO. The van der Waals surface area contributed by atoms with Crippen molar-refractivity contribution in [2.24, 2.45) is 5.92 Å². The topological polar surface area (TPSA) is 29.1 Å². The highest BCUT2D eigenvalue weighted by molar-refractivity contribution is 9.10. The maximum atomic E-state index is 12.2. The van der Waals surface area contributed by atoms with Crippen LogP contribution < -0.4 is 5.32 Å². The molecule has 0 radical (unpaired) electrons. The molecular weight excluding hydrogens is 314 g/mol. The second kappa shape index (κ2) is 6.07. The third kappa shape index (κ3) is 3.48. The molecule has 2 nitrogen and oxygen atoms in total. The third-order valence-corrected chi connectivity index (χ3v) is 4.23. The first-order chi connectivity index (χ1) is 8.56. The summed E-state index contributed by atoms with van der Waals surface area (Å²) in [6, 6.07) is 5.58. The van der Waals surface area contributed by atoms with Crippen molar-refractivity contribution < 1.29 is 4.79 Å². The number of benzene rings is 1. The number of hydrogen-bond donors (Lipinski definition) is 1. The summed E-state index contributed by atoms with van der Waals surface area (Å²) in [6.45, 7) is 2.21. The molecule has 1 aliphatic carbocycles. The van der Waals surface area contributed by atoms with E-state index in [0.29, 0.717) is 22.5 Å². The van der Waals surface area contributed by atoms with E-state index in [9.17, 15) is 4.79 Å². The summed E-state index contributed by atoms with van der Waals surface area (Å²) in [5.74, 6) is 0.530. The monoisotopic (exact) mass is 329 g/mol. The van der Waals surface area contributed by atoms with Crippen molar-refractivity contribution in [3.8, 4) is 0 Å². The van der Waals surface area contributed by atoms with Crippen molar-refractivity contribution in [1.82, 2.24) is 5.32 Å². The van der Waals surface area contributed by atoms with Crippen molar-refractivity contribution in [2.45, 2.75) is 38.6 Å². The van der Waals surface area contributed by atoms with Crippen LogP contribution in [0.3, 0.4) is 0 Å². The number of carbonyl (C=O) groups is 1. The van der Waals surface area contributed by atoms with Gasteiger partial charge >= 0.3 is 0 Å². The van der Waals surface area contributed by atoms with Gasteiger partial charge in [0.05, 0.1) is 0 Å². The van der Waals surface area contributed by atoms with E-state index in [0.717, 1.165) is 10.9 Å². The van der Waals surface area contributed by atoms with Crippen LogP contribution >= 0.6 is 27.5 Å². The molecule has 0 saturated heterocycles. The van der Waals surface area contributed by atoms with E-state index in [4.69, 9.17) is 11.6 Å². The van der Waals surface area contributed by atoms with Crippen molar-refractivity contribution in [1.29, 1.82) is 0 Å². The number of hydrogen-bond acceptors (Lipinski definition) is 1. The molecule has 0 heterocycles. The summed E-state index contributed by atoms with van der Waals surface area (Å²) >= 11 is 9.31. The largest absolute Gasteiger partial charge is 0.349 e. The molecule has 18 heavy (non-hydrogen) atoms. The maximum Gasteiger partial charge on any atom is 0.251 e. The molecule has 1 fully saturated rings. The van der Waals surface area contributed by atoms with Crippen LogP contribution in [0.15, 0.2) is 22.7 Å². The Labute approximate surface area is 121 Å². The van der Waals surface area contributed by atoms with Gasteiger partial charge in [-0.2, -0.15) is 0 Å². The first-order valence-corrected chi connectivity index (χ1v) is 7.50. The van der Waals surface area contributed by atoms with E-state index >= 15 is 0 Å². The molecule has 0 aliphatic heterocycles. The summed E-state index contributed by atoms with van der Waals surface area (Å²) in [6.07, 6.45) is 4.75. The zero-order chi connectivity index (χ0) is 13.1. The minimum absolute atomic E-state index is 0.0306. The average Bonchev–Trinajstić information content (AvgIpc) is 2.31. The first-order valence-electron chi connectivity index (χ1n) is 6.33. The summed E-state index contributed by atoms with van der Waals surface area (Å²) < 4.78 is 0.830. The van der Waals surface area contributed by atoms with Crippen LogP contribution in [0.5, 0.6) is 0 Å². The lowest BCUT2D eigenvalue weighted by atomic mass is 9.86. The van der Waals surface area contributed by atoms with Gasteiger partial charge in [0.1, 0.15) is 0 Å². The van der Waals surface area contributed by atoms with Gasteiger partial charge in [0.2, 0.25) is 0 Å². The van der Waals surface area contributed by atoms with Crippen LogP contribution in [0.2, 0.25) is 5.02 Å². The van der Waals surface area contributed by atoms with Crippen molar-refractivity contribution in [2.75, 3.05) is 0 Å². The predicted molar refractivity (Wildman–Crippen MR) is 78.0 cm³/mol. The smallest absolute Gasteiger partial charge is 0.251 e. The van der Waals surface area contributed by atoms with Gasteiger partial charge in [-0.1, -0.05) is 47.3 Å². The average molecular weight is 331 g/mol. The van der Waals surface area contributed by atoms with Crippen LogP contribution in [0.4, 0.5) is 0 Å². The van der Waals surface area contributed by atoms with Gasteiger partial charge in [-0.25, -0.2) is 0 Å². The van der Waals surface area contributed by atoms with Gasteiger partial charge in [-0.05, 0) is 37.0 Å². The van der Waals surface area contributed by atoms with E-state index in [1.807, 2.05) is 0 Å². The first kappa shape index (κ1) is 13.9. The zero-order valence-corrected chi connectivity index (χ0v) is 12.7. The van der Waals surface area contributed by atoms with E-state index in [2.05, 4.69) is 28.2 Å².